The third-order valence-electron chi connectivity index (χ3n) is 4.28. The van der Waals surface area contributed by atoms with Crippen molar-refractivity contribution >= 4 is 11.9 Å². The van der Waals surface area contributed by atoms with E-state index in [1.807, 2.05) is 0 Å². The molecule has 2 saturated heterocycles. The van der Waals surface area contributed by atoms with Crippen molar-refractivity contribution in [1.82, 2.24) is 5.32 Å². The van der Waals surface area contributed by atoms with Crippen LogP contribution in [0.2, 0.25) is 0 Å². The summed E-state index contributed by atoms with van der Waals surface area (Å²) >= 11 is 0. The van der Waals surface area contributed by atoms with E-state index >= 15 is 0 Å². The quantitative estimate of drug-likeness (QED) is 0.242. The highest BCUT2D eigenvalue weighted by molar-refractivity contribution is 5.73. The van der Waals surface area contributed by atoms with E-state index < -0.39 is 73.5 Å². The van der Waals surface area contributed by atoms with Crippen molar-refractivity contribution in [2.24, 2.45) is 0 Å². The maximum absolute atomic E-state index is 11.3. The van der Waals surface area contributed by atoms with Crippen LogP contribution in [0.1, 0.15) is 6.92 Å². The maximum Gasteiger partial charge on any atom is 0.335 e. The number of amides is 1. The van der Waals surface area contributed by atoms with Gasteiger partial charge in [-0.25, -0.2) is 4.79 Å². The molecule has 12 nitrogen and oxygen atoms in total. The average Bonchev–Trinajstić information content (AvgIpc) is 2.57. The smallest absolute Gasteiger partial charge is 0.335 e. The number of nitrogens with one attached hydrogen (secondary N) is 1. The molecular formula is C14H23NO11. The SMILES string of the molecule is CC(=O)N[C@@H]1CO[C@@H](CO)C(O)[C@H]1O[C@H]1O[C@@H](C(=O)O)C(O)[C@H](O)[C@@H]1O. The summed E-state index contributed by atoms with van der Waals surface area (Å²) in [5, 5.41) is 60.6. The van der Waals surface area contributed by atoms with Gasteiger partial charge in [0, 0.05) is 6.92 Å². The Balaban J connectivity index is 2.19. The number of aliphatic hydroxyl groups excluding tert-OH is 5. The number of hydrogen-bond acceptors (Lipinski definition) is 10. The molecule has 0 saturated carbocycles. The molecule has 2 heterocycles. The molecule has 7 N–H and O–H groups in total. The summed E-state index contributed by atoms with van der Waals surface area (Å²) in [4.78, 5) is 22.5. The predicted molar refractivity (Wildman–Crippen MR) is 79.6 cm³/mol. The van der Waals surface area contributed by atoms with Crippen LogP contribution in [-0.4, -0.2) is 111 Å². The summed E-state index contributed by atoms with van der Waals surface area (Å²) in [6.07, 6.45) is -12.9. The van der Waals surface area contributed by atoms with E-state index in [1.54, 1.807) is 0 Å². The minimum atomic E-state index is -1.89. The van der Waals surface area contributed by atoms with Crippen LogP contribution < -0.4 is 5.32 Å². The molecule has 2 aliphatic rings. The first-order valence-electron chi connectivity index (χ1n) is 7.93. The first-order valence-corrected chi connectivity index (χ1v) is 7.93. The number of carbonyl (C=O) groups excluding carboxylic acids is 1. The predicted octanol–water partition coefficient (Wildman–Crippen LogP) is -4.48. The minimum Gasteiger partial charge on any atom is -0.479 e. The van der Waals surface area contributed by atoms with Gasteiger partial charge in [0.05, 0.1) is 19.3 Å². The molecule has 0 aromatic carbocycles. The topological polar surface area (TPSA) is 195 Å². The molecule has 12 heteroatoms. The van der Waals surface area contributed by atoms with Gasteiger partial charge in [0.2, 0.25) is 5.91 Å². The fraction of sp³-hybridized carbons (Fsp3) is 0.857. The average molecular weight is 381 g/mol. The van der Waals surface area contributed by atoms with Gasteiger partial charge in [-0.05, 0) is 0 Å². The molecule has 2 rings (SSSR count). The maximum atomic E-state index is 11.3. The van der Waals surface area contributed by atoms with Gasteiger partial charge in [-0.1, -0.05) is 0 Å². The van der Waals surface area contributed by atoms with Gasteiger partial charge in [-0.3, -0.25) is 4.79 Å². The number of hydrogen-bond donors (Lipinski definition) is 7. The lowest BCUT2D eigenvalue weighted by Gasteiger charge is -2.44. The van der Waals surface area contributed by atoms with Crippen molar-refractivity contribution in [3.05, 3.63) is 0 Å². The van der Waals surface area contributed by atoms with Crippen LogP contribution in [0.15, 0.2) is 0 Å². The van der Waals surface area contributed by atoms with E-state index in [-0.39, 0.29) is 6.61 Å². The number of aliphatic hydroxyl groups is 5. The number of ether oxygens (including phenoxy) is 3. The van der Waals surface area contributed by atoms with E-state index in [1.165, 1.54) is 6.92 Å². The van der Waals surface area contributed by atoms with Crippen LogP contribution in [0.25, 0.3) is 0 Å². The van der Waals surface area contributed by atoms with Crippen molar-refractivity contribution in [1.29, 1.82) is 0 Å². The van der Waals surface area contributed by atoms with Crippen LogP contribution in [0.3, 0.4) is 0 Å². The summed E-state index contributed by atoms with van der Waals surface area (Å²) in [6.45, 7) is 0.526. The number of aliphatic carboxylic acids is 1. The van der Waals surface area contributed by atoms with E-state index in [9.17, 15) is 35.1 Å². The zero-order valence-corrected chi connectivity index (χ0v) is 13.8. The van der Waals surface area contributed by atoms with Crippen molar-refractivity contribution in [3.8, 4) is 0 Å². The Bertz CT molecular complexity index is 517. The Labute approximate surface area is 147 Å². The van der Waals surface area contributed by atoms with Crippen molar-refractivity contribution < 1.29 is 54.4 Å². The summed E-state index contributed by atoms with van der Waals surface area (Å²) in [5.41, 5.74) is 0. The van der Waals surface area contributed by atoms with E-state index in [0.717, 1.165) is 0 Å². The van der Waals surface area contributed by atoms with Gasteiger partial charge in [0.25, 0.3) is 0 Å². The number of carboxylic acid groups (broad SMARTS) is 1. The Morgan fingerprint density at radius 1 is 1.12 bits per heavy atom. The van der Waals surface area contributed by atoms with Gasteiger partial charge < -0.3 is 50.2 Å². The molecule has 2 fully saturated rings. The molecule has 0 aromatic heterocycles. The van der Waals surface area contributed by atoms with Gasteiger partial charge >= 0.3 is 5.97 Å². The van der Waals surface area contributed by atoms with Gasteiger partial charge in [-0.2, -0.15) is 0 Å². The van der Waals surface area contributed by atoms with Crippen molar-refractivity contribution in [2.45, 2.75) is 62.0 Å². The van der Waals surface area contributed by atoms with E-state index in [0.29, 0.717) is 0 Å². The molecule has 0 aliphatic carbocycles. The minimum absolute atomic E-state index is 0.136. The highest BCUT2D eigenvalue weighted by Crippen LogP contribution is 2.27. The van der Waals surface area contributed by atoms with Crippen LogP contribution in [0, 0.1) is 0 Å². The normalized spacial score (nSPS) is 43.7. The van der Waals surface area contributed by atoms with Crippen molar-refractivity contribution in [3.63, 3.8) is 0 Å². The Hall–Kier alpha value is -1.38. The molecule has 0 spiro atoms. The van der Waals surface area contributed by atoms with Crippen LogP contribution in [0.4, 0.5) is 0 Å². The molecule has 0 aromatic rings. The van der Waals surface area contributed by atoms with Crippen LogP contribution in [0.5, 0.6) is 0 Å². The number of rotatable bonds is 5. The highest BCUT2D eigenvalue weighted by atomic mass is 16.7. The first kappa shape index (κ1) is 20.9. The van der Waals surface area contributed by atoms with Crippen molar-refractivity contribution in [2.75, 3.05) is 13.2 Å². The zero-order chi connectivity index (χ0) is 19.6. The molecule has 26 heavy (non-hydrogen) atoms. The Morgan fingerprint density at radius 2 is 1.77 bits per heavy atom. The standard InChI is InChI=1S/C14H23NO11/c1-4(17)15-5-3-24-6(2-16)7(18)11(5)25-14-10(21)8(19)9(20)12(26-14)13(22)23/h5-12,14,16,18-21H,2-3H2,1H3,(H,15,17)(H,22,23)/t5-,6+,7?,8+,9?,10+,11+,12-,14+/m1/s1. The molecule has 1 amide bonds. The lowest BCUT2D eigenvalue weighted by molar-refractivity contribution is -0.322. The molecule has 150 valence electrons. The summed E-state index contributed by atoms with van der Waals surface area (Å²) < 4.78 is 15.7. The summed E-state index contributed by atoms with van der Waals surface area (Å²) in [5.74, 6) is -2.05. The fourth-order valence-electron chi connectivity index (χ4n) is 2.91. The molecule has 0 radical (unpaired) electrons. The van der Waals surface area contributed by atoms with E-state index in [2.05, 4.69) is 5.32 Å². The van der Waals surface area contributed by atoms with E-state index in [4.69, 9.17) is 19.3 Å². The highest BCUT2D eigenvalue weighted by Gasteiger charge is 2.50. The van der Waals surface area contributed by atoms with Gasteiger partial charge in [0.1, 0.15) is 36.6 Å². The lowest BCUT2D eigenvalue weighted by atomic mass is 9.96. The largest absolute Gasteiger partial charge is 0.479 e. The monoisotopic (exact) mass is 381 g/mol. The van der Waals surface area contributed by atoms with Crippen LogP contribution in [-0.2, 0) is 23.8 Å². The molecule has 9 atom stereocenters. The lowest BCUT2D eigenvalue weighted by Crippen LogP contribution is -2.65. The number of carbonyl (C=O) groups is 2. The van der Waals surface area contributed by atoms with Crippen LogP contribution >= 0.6 is 0 Å². The van der Waals surface area contributed by atoms with Gasteiger partial charge in [0.15, 0.2) is 12.4 Å². The molecule has 0 bridgehead atoms. The summed E-state index contributed by atoms with van der Waals surface area (Å²) in [6, 6.07) is -0.895. The Morgan fingerprint density at radius 3 is 2.31 bits per heavy atom. The summed E-state index contributed by atoms with van der Waals surface area (Å²) in [7, 11) is 0. The van der Waals surface area contributed by atoms with Gasteiger partial charge in [-0.15, -0.1) is 0 Å². The third kappa shape index (κ3) is 4.29. The number of carboxylic acids is 1. The second kappa shape index (κ2) is 8.54. The second-order valence-electron chi connectivity index (χ2n) is 6.19. The second-order valence-corrected chi connectivity index (χ2v) is 6.19. The zero-order valence-electron chi connectivity index (χ0n) is 13.8. The fourth-order valence-corrected chi connectivity index (χ4v) is 2.91. The molecule has 2 aliphatic heterocycles. The molecular weight excluding hydrogens is 358 g/mol. The Kier molecular flexibility index (Phi) is 6.87. The molecule has 2 unspecified atom stereocenters. The third-order valence-corrected chi connectivity index (χ3v) is 4.28. The first-order chi connectivity index (χ1) is 12.2.